The molecule has 2 nitrogen and oxygen atoms in total. The van der Waals surface area contributed by atoms with Crippen molar-refractivity contribution in [2.45, 2.75) is 69.0 Å². The van der Waals surface area contributed by atoms with Crippen molar-refractivity contribution in [3.05, 3.63) is 0 Å². The van der Waals surface area contributed by atoms with Gasteiger partial charge in [-0.15, -0.1) is 0 Å². The Balaban J connectivity index is 1.64. The van der Waals surface area contributed by atoms with Crippen LogP contribution >= 0.6 is 15.9 Å². The Bertz CT molecular complexity index is 263. The molecule has 2 unspecified atom stereocenters. The van der Waals surface area contributed by atoms with Gasteiger partial charge >= 0.3 is 0 Å². The van der Waals surface area contributed by atoms with Crippen molar-refractivity contribution in [2.75, 3.05) is 6.54 Å². The molecule has 104 valence electrons. The summed E-state index contributed by atoms with van der Waals surface area (Å²) >= 11 is 3.75. The van der Waals surface area contributed by atoms with Crippen LogP contribution in [0.25, 0.3) is 0 Å². The maximum absolute atomic E-state index is 11.9. The topological polar surface area (TPSA) is 29.1 Å². The molecule has 1 amide bonds. The Morgan fingerprint density at radius 1 is 1.00 bits per heavy atom. The van der Waals surface area contributed by atoms with Crippen LogP contribution in [-0.2, 0) is 4.79 Å². The van der Waals surface area contributed by atoms with Gasteiger partial charge in [0.1, 0.15) is 0 Å². The molecular weight excluding hydrogens is 290 g/mol. The standard InChI is InChI=1S/C15H26BrNO/c16-14-9-5-4-8-13(14)11-17-15(18)10-12-6-2-1-3-7-12/h12-14H,1-11H2,(H,17,18). The summed E-state index contributed by atoms with van der Waals surface area (Å²) in [5, 5.41) is 3.16. The molecule has 0 radical (unpaired) electrons. The zero-order chi connectivity index (χ0) is 12.8. The van der Waals surface area contributed by atoms with Gasteiger partial charge in [0.2, 0.25) is 5.91 Å². The summed E-state index contributed by atoms with van der Waals surface area (Å²) in [7, 11) is 0. The van der Waals surface area contributed by atoms with Crippen LogP contribution in [0.4, 0.5) is 0 Å². The fourth-order valence-electron chi connectivity index (χ4n) is 3.36. The van der Waals surface area contributed by atoms with Crippen molar-refractivity contribution in [3.63, 3.8) is 0 Å². The number of carbonyl (C=O) groups excluding carboxylic acids is 1. The first-order chi connectivity index (χ1) is 8.75. The number of rotatable bonds is 4. The number of alkyl halides is 1. The van der Waals surface area contributed by atoms with E-state index in [9.17, 15) is 4.79 Å². The average molecular weight is 316 g/mol. The van der Waals surface area contributed by atoms with Crippen LogP contribution < -0.4 is 5.32 Å². The summed E-state index contributed by atoms with van der Waals surface area (Å²) in [5.41, 5.74) is 0. The Morgan fingerprint density at radius 3 is 2.39 bits per heavy atom. The Hall–Kier alpha value is -0.0500. The molecule has 3 heteroatoms. The third-order valence-corrected chi connectivity index (χ3v) is 5.78. The van der Waals surface area contributed by atoms with Crippen LogP contribution in [0, 0.1) is 11.8 Å². The molecule has 2 saturated carbocycles. The Kier molecular flexibility index (Phi) is 6.00. The fourth-order valence-corrected chi connectivity index (χ4v) is 4.14. The van der Waals surface area contributed by atoms with E-state index in [0.29, 0.717) is 16.7 Å². The number of halogens is 1. The molecule has 0 aromatic carbocycles. The molecule has 0 aromatic rings. The smallest absolute Gasteiger partial charge is 0.220 e. The maximum Gasteiger partial charge on any atom is 0.220 e. The van der Waals surface area contributed by atoms with E-state index in [1.165, 1.54) is 57.8 Å². The minimum absolute atomic E-state index is 0.284. The molecule has 0 saturated heterocycles. The molecule has 0 spiro atoms. The first kappa shape index (κ1) is 14.4. The van der Waals surface area contributed by atoms with Gasteiger partial charge in [-0.05, 0) is 37.5 Å². The van der Waals surface area contributed by atoms with Crippen LogP contribution in [0.5, 0.6) is 0 Å². The summed E-state index contributed by atoms with van der Waals surface area (Å²) in [6.45, 7) is 0.876. The first-order valence-electron chi connectivity index (χ1n) is 7.66. The Labute approximate surface area is 119 Å². The first-order valence-corrected chi connectivity index (χ1v) is 8.58. The highest BCUT2D eigenvalue weighted by Crippen LogP contribution is 2.29. The second-order valence-corrected chi connectivity index (χ2v) is 7.25. The van der Waals surface area contributed by atoms with Crippen molar-refractivity contribution >= 4 is 21.8 Å². The van der Waals surface area contributed by atoms with Gasteiger partial charge in [-0.25, -0.2) is 0 Å². The predicted octanol–water partition coefficient (Wildman–Crippen LogP) is 4.03. The summed E-state index contributed by atoms with van der Waals surface area (Å²) in [6, 6.07) is 0. The number of hydrogen-bond donors (Lipinski definition) is 1. The SMILES string of the molecule is O=C(CC1CCCCC1)NCC1CCCCC1Br. The largest absolute Gasteiger partial charge is 0.356 e. The third kappa shape index (κ3) is 4.56. The highest BCUT2D eigenvalue weighted by Gasteiger charge is 2.23. The molecule has 2 atom stereocenters. The quantitative estimate of drug-likeness (QED) is 0.780. The van der Waals surface area contributed by atoms with Gasteiger partial charge in [0.15, 0.2) is 0 Å². The normalized spacial score (nSPS) is 30.1. The van der Waals surface area contributed by atoms with E-state index in [4.69, 9.17) is 0 Å². The number of amides is 1. The predicted molar refractivity (Wildman–Crippen MR) is 78.9 cm³/mol. The second kappa shape index (κ2) is 7.52. The summed E-state index contributed by atoms with van der Waals surface area (Å²) in [5.74, 6) is 1.59. The maximum atomic E-state index is 11.9. The van der Waals surface area contributed by atoms with E-state index in [0.717, 1.165) is 13.0 Å². The number of hydrogen-bond acceptors (Lipinski definition) is 1. The van der Waals surface area contributed by atoms with Crippen molar-refractivity contribution in [1.29, 1.82) is 0 Å². The highest BCUT2D eigenvalue weighted by molar-refractivity contribution is 9.09. The van der Waals surface area contributed by atoms with Gasteiger partial charge in [-0.1, -0.05) is 48.0 Å². The van der Waals surface area contributed by atoms with Gasteiger partial charge < -0.3 is 5.32 Å². The lowest BCUT2D eigenvalue weighted by Gasteiger charge is -2.28. The van der Waals surface area contributed by atoms with E-state index in [2.05, 4.69) is 21.2 Å². The second-order valence-electron chi connectivity index (χ2n) is 6.07. The zero-order valence-electron chi connectivity index (χ0n) is 11.3. The molecule has 0 heterocycles. The lowest BCUT2D eigenvalue weighted by molar-refractivity contribution is -0.122. The van der Waals surface area contributed by atoms with E-state index in [1.54, 1.807) is 0 Å². The molecule has 2 aliphatic rings. The molecular formula is C15H26BrNO. The lowest BCUT2D eigenvalue weighted by atomic mass is 9.86. The summed E-state index contributed by atoms with van der Waals surface area (Å²) in [4.78, 5) is 12.5. The van der Waals surface area contributed by atoms with Crippen molar-refractivity contribution in [3.8, 4) is 0 Å². The lowest BCUT2D eigenvalue weighted by Crippen LogP contribution is -2.35. The van der Waals surface area contributed by atoms with Crippen molar-refractivity contribution in [2.24, 2.45) is 11.8 Å². The Morgan fingerprint density at radius 2 is 1.67 bits per heavy atom. The zero-order valence-corrected chi connectivity index (χ0v) is 12.9. The van der Waals surface area contributed by atoms with E-state index < -0.39 is 0 Å². The van der Waals surface area contributed by atoms with E-state index in [-0.39, 0.29) is 5.91 Å². The third-order valence-electron chi connectivity index (χ3n) is 4.58. The monoisotopic (exact) mass is 315 g/mol. The molecule has 0 aliphatic heterocycles. The molecule has 0 aromatic heterocycles. The minimum atomic E-state index is 0.284. The van der Waals surface area contributed by atoms with Gasteiger partial charge in [-0.3, -0.25) is 4.79 Å². The summed E-state index contributed by atoms with van der Waals surface area (Å²) in [6.07, 6.45) is 12.5. The van der Waals surface area contributed by atoms with Crippen LogP contribution in [0.15, 0.2) is 0 Å². The molecule has 2 rings (SSSR count). The molecule has 2 aliphatic carbocycles. The number of carbonyl (C=O) groups is 1. The fraction of sp³-hybridized carbons (Fsp3) is 0.933. The van der Waals surface area contributed by atoms with E-state index >= 15 is 0 Å². The van der Waals surface area contributed by atoms with Gasteiger partial charge in [0, 0.05) is 17.8 Å². The molecule has 2 fully saturated rings. The van der Waals surface area contributed by atoms with Crippen LogP contribution in [0.3, 0.4) is 0 Å². The van der Waals surface area contributed by atoms with Crippen LogP contribution in [0.2, 0.25) is 0 Å². The van der Waals surface area contributed by atoms with E-state index in [1.807, 2.05) is 0 Å². The number of nitrogens with one attached hydrogen (secondary N) is 1. The van der Waals surface area contributed by atoms with Gasteiger partial charge in [0.05, 0.1) is 0 Å². The van der Waals surface area contributed by atoms with Gasteiger partial charge in [0.25, 0.3) is 0 Å². The van der Waals surface area contributed by atoms with Crippen molar-refractivity contribution < 1.29 is 4.79 Å². The van der Waals surface area contributed by atoms with Crippen LogP contribution in [-0.4, -0.2) is 17.3 Å². The molecule has 0 bridgehead atoms. The highest BCUT2D eigenvalue weighted by atomic mass is 79.9. The van der Waals surface area contributed by atoms with Crippen molar-refractivity contribution in [1.82, 2.24) is 5.32 Å². The molecule has 18 heavy (non-hydrogen) atoms. The van der Waals surface area contributed by atoms with Gasteiger partial charge in [-0.2, -0.15) is 0 Å². The molecule has 1 N–H and O–H groups in total. The summed E-state index contributed by atoms with van der Waals surface area (Å²) < 4.78 is 0. The average Bonchev–Trinajstić information content (AvgIpc) is 2.39. The van der Waals surface area contributed by atoms with Crippen LogP contribution in [0.1, 0.15) is 64.2 Å². The minimum Gasteiger partial charge on any atom is -0.356 e.